The van der Waals surface area contributed by atoms with Crippen LogP contribution in [0, 0.1) is 0 Å². The number of nitrogen functional groups attached to an aromatic ring is 1. The Morgan fingerprint density at radius 1 is 1.32 bits per heavy atom. The van der Waals surface area contributed by atoms with Gasteiger partial charge in [0.1, 0.15) is 5.82 Å². The van der Waals surface area contributed by atoms with Gasteiger partial charge in [-0.15, -0.1) is 0 Å². The van der Waals surface area contributed by atoms with Gasteiger partial charge in [-0.1, -0.05) is 23.7 Å². The number of hydrogen-bond acceptors (Lipinski definition) is 3. The van der Waals surface area contributed by atoms with Gasteiger partial charge in [0.25, 0.3) is 5.91 Å². The molecule has 0 aliphatic carbocycles. The van der Waals surface area contributed by atoms with Gasteiger partial charge in [-0.3, -0.25) is 4.79 Å². The van der Waals surface area contributed by atoms with E-state index in [2.05, 4.69) is 10.3 Å². The lowest BCUT2D eigenvalue weighted by atomic mass is 10.1. The molecule has 98 valence electrons. The molecule has 19 heavy (non-hydrogen) atoms. The van der Waals surface area contributed by atoms with Crippen molar-refractivity contribution in [3.63, 3.8) is 0 Å². The zero-order valence-electron chi connectivity index (χ0n) is 10.3. The second kappa shape index (κ2) is 6.20. The molecule has 0 aliphatic heterocycles. The highest BCUT2D eigenvalue weighted by Gasteiger charge is 2.05. The maximum absolute atomic E-state index is 11.8. The quantitative estimate of drug-likeness (QED) is 0.900. The van der Waals surface area contributed by atoms with Gasteiger partial charge < -0.3 is 11.1 Å². The minimum absolute atomic E-state index is 0.156. The van der Waals surface area contributed by atoms with Gasteiger partial charge in [-0.2, -0.15) is 0 Å². The second-order valence-electron chi connectivity index (χ2n) is 4.11. The summed E-state index contributed by atoms with van der Waals surface area (Å²) >= 11 is 5.89. The SMILES string of the molecule is Nc1cc(C(=O)NCCc2cccc(Cl)c2)ccn1. The van der Waals surface area contributed by atoms with Crippen LogP contribution in [0.2, 0.25) is 5.02 Å². The zero-order valence-corrected chi connectivity index (χ0v) is 11.0. The fraction of sp³-hybridized carbons (Fsp3) is 0.143. The predicted molar refractivity (Wildman–Crippen MR) is 76.1 cm³/mol. The summed E-state index contributed by atoms with van der Waals surface area (Å²) in [4.78, 5) is 15.7. The van der Waals surface area contributed by atoms with E-state index in [0.717, 1.165) is 12.0 Å². The van der Waals surface area contributed by atoms with Gasteiger partial charge in [0.2, 0.25) is 0 Å². The number of amides is 1. The number of nitrogens with one attached hydrogen (secondary N) is 1. The first-order valence-corrected chi connectivity index (χ1v) is 6.27. The van der Waals surface area contributed by atoms with Gasteiger partial charge in [-0.05, 0) is 36.2 Å². The summed E-state index contributed by atoms with van der Waals surface area (Å²) in [7, 11) is 0. The molecule has 4 nitrogen and oxygen atoms in total. The molecule has 0 radical (unpaired) electrons. The number of nitrogens with zero attached hydrogens (tertiary/aromatic N) is 1. The van der Waals surface area contributed by atoms with Crippen molar-refractivity contribution in [3.05, 3.63) is 58.7 Å². The minimum atomic E-state index is -0.156. The molecule has 3 N–H and O–H groups in total. The Hall–Kier alpha value is -2.07. The van der Waals surface area contributed by atoms with Crippen LogP contribution in [0.15, 0.2) is 42.6 Å². The third-order valence-corrected chi connectivity index (χ3v) is 2.87. The molecule has 0 saturated carbocycles. The highest BCUT2D eigenvalue weighted by molar-refractivity contribution is 6.30. The number of aromatic nitrogens is 1. The smallest absolute Gasteiger partial charge is 0.251 e. The van der Waals surface area contributed by atoms with Gasteiger partial charge in [0.15, 0.2) is 0 Å². The average molecular weight is 276 g/mol. The average Bonchev–Trinajstić information content (AvgIpc) is 2.38. The molecule has 1 heterocycles. The Morgan fingerprint density at radius 3 is 2.89 bits per heavy atom. The standard InChI is InChI=1S/C14H14ClN3O/c15-12-3-1-2-10(8-12)4-6-18-14(19)11-5-7-17-13(16)9-11/h1-3,5,7-9H,4,6H2,(H2,16,17)(H,18,19). The van der Waals surface area contributed by atoms with E-state index in [-0.39, 0.29) is 5.91 Å². The van der Waals surface area contributed by atoms with Crippen LogP contribution >= 0.6 is 11.6 Å². The minimum Gasteiger partial charge on any atom is -0.384 e. The fourth-order valence-electron chi connectivity index (χ4n) is 1.70. The van der Waals surface area contributed by atoms with Crippen molar-refractivity contribution >= 4 is 23.3 Å². The van der Waals surface area contributed by atoms with Crippen LogP contribution in [0.5, 0.6) is 0 Å². The molecule has 5 heteroatoms. The Bertz CT molecular complexity index is 586. The Balaban J connectivity index is 1.87. The molecule has 0 atom stereocenters. The number of carbonyl (C=O) groups is 1. The van der Waals surface area contributed by atoms with Crippen LogP contribution < -0.4 is 11.1 Å². The first-order valence-electron chi connectivity index (χ1n) is 5.89. The van der Waals surface area contributed by atoms with E-state index in [1.54, 1.807) is 12.1 Å². The van der Waals surface area contributed by atoms with Crippen molar-refractivity contribution in [2.24, 2.45) is 0 Å². The van der Waals surface area contributed by atoms with E-state index in [1.807, 2.05) is 24.3 Å². The summed E-state index contributed by atoms with van der Waals surface area (Å²) in [5.41, 5.74) is 7.12. The summed E-state index contributed by atoms with van der Waals surface area (Å²) in [5, 5.41) is 3.53. The third kappa shape index (κ3) is 3.96. The maximum Gasteiger partial charge on any atom is 0.251 e. The maximum atomic E-state index is 11.8. The number of nitrogens with two attached hydrogens (primary N) is 1. The molecule has 1 aromatic heterocycles. The summed E-state index contributed by atoms with van der Waals surface area (Å²) in [6.07, 6.45) is 2.24. The van der Waals surface area contributed by atoms with Gasteiger partial charge in [0, 0.05) is 23.3 Å². The predicted octanol–water partition coefficient (Wildman–Crippen LogP) is 2.29. The van der Waals surface area contributed by atoms with E-state index in [4.69, 9.17) is 17.3 Å². The van der Waals surface area contributed by atoms with Crippen LogP contribution in [-0.4, -0.2) is 17.4 Å². The van der Waals surface area contributed by atoms with Gasteiger partial charge in [0.05, 0.1) is 0 Å². The molecule has 0 unspecified atom stereocenters. The summed E-state index contributed by atoms with van der Waals surface area (Å²) < 4.78 is 0. The normalized spacial score (nSPS) is 10.2. The van der Waals surface area contributed by atoms with Crippen molar-refractivity contribution < 1.29 is 4.79 Å². The Morgan fingerprint density at radius 2 is 2.16 bits per heavy atom. The van der Waals surface area contributed by atoms with Crippen LogP contribution in [0.3, 0.4) is 0 Å². The number of carbonyl (C=O) groups excluding carboxylic acids is 1. The lowest BCUT2D eigenvalue weighted by molar-refractivity contribution is 0.0954. The van der Waals surface area contributed by atoms with E-state index < -0.39 is 0 Å². The molecular formula is C14H14ClN3O. The fourth-order valence-corrected chi connectivity index (χ4v) is 1.92. The van der Waals surface area contributed by atoms with Gasteiger partial charge >= 0.3 is 0 Å². The molecule has 1 aromatic carbocycles. The van der Waals surface area contributed by atoms with Crippen LogP contribution in [0.25, 0.3) is 0 Å². The van der Waals surface area contributed by atoms with Crippen molar-refractivity contribution in [2.75, 3.05) is 12.3 Å². The van der Waals surface area contributed by atoms with E-state index >= 15 is 0 Å². The Labute approximate surface area is 116 Å². The third-order valence-electron chi connectivity index (χ3n) is 2.63. The summed E-state index contributed by atoms with van der Waals surface area (Å²) in [6.45, 7) is 0.543. The van der Waals surface area contributed by atoms with Crippen molar-refractivity contribution in [1.82, 2.24) is 10.3 Å². The molecule has 2 rings (SSSR count). The van der Waals surface area contributed by atoms with E-state index in [0.29, 0.717) is 22.9 Å². The van der Waals surface area contributed by atoms with Crippen molar-refractivity contribution in [2.45, 2.75) is 6.42 Å². The van der Waals surface area contributed by atoms with Gasteiger partial charge in [-0.25, -0.2) is 4.98 Å². The van der Waals surface area contributed by atoms with E-state index in [9.17, 15) is 4.79 Å². The zero-order chi connectivity index (χ0) is 13.7. The lowest BCUT2D eigenvalue weighted by Gasteiger charge is -2.06. The van der Waals surface area contributed by atoms with Crippen LogP contribution in [0.4, 0.5) is 5.82 Å². The molecule has 0 aliphatic rings. The highest BCUT2D eigenvalue weighted by atomic mass is 35.5. The summed E-state index contributed by atoms with van der Waals surface area (Å²) in [5.74, 6) is 0.179. The van der Waals surface area contributed by atoms with Crippen molar-refractivity contribution in [3.8, 4) is 0 Å². The molecule has 1 amide bonds. The monoisotopic (exact) mass is 275 g/mol. The lowest BCUT2D eigenvalue weighted by Crippen LogP contribution is -2.25. The van der Waals surface area contributed by atoms with E-state index in [1.165, 1.54) is 6.20 Å². The molecular weight excluding hydrogens is 262 g/mol. The Kier molecular flexibility index (Phi) is 4.36. The molecule has 0 fully saturated rings. The largest absolute Gasteiger partial charge is 0.384 e. The first-order chi connectivity index (χ1) is 9.15. The van der Waals surface area contributed by atoms with Crippen molar-refractivity contribution in [1.29, 1.82) is 0 Å². The number of benzene rings is 1. The second-order valence-corrected chi connectivity index (χ2v) is 4.54. The number of halogens is 1. The molecule has 2 aromatic rings. The number of anilines is 1. The number of pyridine rings is 1. The number of hydrogen-bond donors (Lipinski definition) is 2. The first kappa shape index (κ1) is 13.4. The van der Waals surface area contributed by atoms with Crippen LogP contribution in [0.1, 0.15) is 15.9 Å². The van der Waals surface area contributed by atoms with Crippen LogP contribution in [-0.2, 0) is 6.42 Å². The highest BCUT2D eigenvalue weighted by Crippen LogP contribution is 2.10. The molecule has 0 bridgehead atoms. The number of rotatable bonds is 4. The topological polar surface area (TPSA) is 68.0 Å². The summed E-state index contributed by atoms with van der Waals surface area (Å²) in [6, 6.07) is 10.8. The molecule has 0 saturated heterocycles. The molecule has 0 spiro atoms.